The molecule has 2 N–H and O–H groups in total. The van der Waals surface area contributed by atoms with Crippen LogP contribution in [-0.4, -0.2) is 30.5 Å². The molecule has 1 heterocycles. The lowest BCUT2D eigenvalue weighted by Gasteiger charge is -2.33. The highest BCUT2D eigenvalue weighted by Crippen LogP contribution is 2.27. The zero-order chi connectivity index (χ0) is 12.1. The summed E-state index contributed by atoms with van der Waals surface area (Å²) in [5.41, 5.74) is 2.11. The summed E-state index contributed by atoms with van der Waals surface area (Å²) in [5, 5.41) is 13.2. The van der Waals surface area contributed by atoms with Gasteiger partial charge in [-0.1, -0.05) is 18.2 Å². The van der Waals surface area contributed by atoms with Crippen molar-refractivity contribution in [3.63, 3.8) is 0 Å². The predicted octanol–water partition coefficient (Wildman–Crippen LogP) is 2.34. The molecule has 1 atom stereocenters. The van der Waals surface area contributed by atoms with E-state index in [0.717, 1.165) is 38.2 Å². The Balaban J connectivity index is 2.15. The van der Waals surface area contributed by atoms with Crippen molar-refractivity contribution >= 4 is 5.69 Å². The highest BCUT2D eigenvalue weighted by atomic mass is 16.5. The number of benzene rings is 1. The number of rotatable bonds is 3. The van der Waals surface area contributed by atoms with E-state index in [4.69, 9.17) is 4.74 Å². The van der Waals surface area contributed by atoms with Crippen LogP contribution in [0.15, 0.2) is 24.3 Å². The molecular formula is C14H21NO2. The van der Waals surface area contributed by atoms with Crippen LogP contribution in [-0.2, 0) is 4.74 Å². The van der Waals surface area contributed by atoms with Gasteiger partial charge in [0.15, 0.2) is 0 Å². The molecule has 0 saturated carbocycles. The minimum Gasteiger partial charge on any atom is -0.394 e. The molecule has 17 heavy (non-hydrogen) atoms. The highest BCUT2D eigenvalue weighted by Gasteiger charge is 2.30. The van der Waals surface area contributed by atoms with Crippen molar-refractivity contribution in [2.75, 3.05) is 25.1 Å². The van der Waals surface area contributed by atoms with E-state index in [0.29, 0.717) is 0 Å². The lowest BCUT2D eigenvalue weighted by atomic mass is 9.90. The standard InChI is InChI=1S/C14H21NO2/c1-12-5-2-3-6-13(12)15-14(11-16)7-4-9-17-10-8-14/h2-3,5-6,15-16H,4,7-11H2,1H3. The first-order chi connectivity index (χ1) is 8.26. The maximum atomic E-state index is 9.70. The average Bonchev–Trinajstić information content (AvgIpc) is 2.58. The van der Waals surface area contributed by atoms with E-state index in [1.54, 1.807) is 0 Å². The topological polar surface area (TPSA) is 41.5 Å². The van der Waals surface area contributed by atoms with Crippen molar-refractivity contribution in [3.05, 3.63) is 29.8 Å². The van der Waals surface area contributed by atoms with Crippen LogP contribution < -0.4 is 5.32 Å². The number of hydrogen-bond acceptors (Lipinski definition) is 3. The largest absolute Gasteiger partial charge is 0.394 e. The molecule has 3 nitrogen and oxygen atoms in total. The molecule has 1 aliphatic rings. The van der Waals surface area contributed by atoms with Gasteiger partial charge in [0.2, 0.25) is 0 Å². The van der Waals surface area contributed by atoms with Gasteiger partial charge in [0.1, 0.15) is 0 Å². The van der Waals surface area contributed by atoms with Crippen LogP contribution in [0.5, 0.6) is 0 Å². The molecule has 3 heteroatoms. The first kappa shape index (κ1) is 12.4. The number of aliphatic hydroxyl groups is 1. The van der Waals surface area contributed by atoms with Gasteiger partial charge < -0.3 is 15.2 Å². The number of aliphatic hydroxyl groups excluding tert-OH is 1. The second-order valence-electron chi connectivity index (χ2n) is 4.84. The van der Waals surface area contributed by atoms with Gasteiger partial charge in [-0.3, -0.25) is 0 Å². The van der Waals surface area contributed by atoms with E-state index in [9.17, 15) is 5.11 Å². The van der Waals surface area contributed by atoms with Gasteiger partial charge in [0.25, 0.3) is 0 Å². The van der Waals surface area contributed by atoms with E-state index >= 15 is 0 Å². The summed E-state index contributed by atoms with van der Waals surface area (Å²) in [7, 11) is 0. The Bertz CT molecular complexity index is 357. The SMILES string of the molecule is Cc1ccccc1NC1(CO)CCCOCC1. The lowest BCUT2D eigenvalue weighted by molar-refractivity contribution is 0.132. The summed E-state index contributed by atoms with van der Waals surface area (Å²) in [6, 6.07) is 8.20. The van der Waals surface area contributed by atoms with E-state index < -0.39 is 0 Å². The molecule has 1 aliphatic heterocycles. The van der Waals surface area contributed by atoms with Crippen molar-refractivity contribution in [2.24, 2.45) is 0 Å². The summed E-state index contributed by atoms with van der Waals surface area (Å²) >= 11 is 0. The normalized spacial score (nSPS) is 25.3. The van der Waals surface area contributed by atoms with Crippen LogP contribution in [0.2, 0.25) is 0 Å². The van der Waals surface area contributed by atoms with Crippen LogP contribution in [0.1, 0.15) is 24.8 Å². The fourth-order valence-electron chi connectivity index (χ4n) is 2.33. The molecule has 1 unspecified atom stereocenters. The first-order valence-electron chi connectivity index (χ1n) is 6.28. The molecule has 1 aromatic rings. The van der Waals surface area contributed by atoms with Crippen molar-refractivity contribution < 1.29 is 9.84 Å². The summed E-state index contributed by atoms with van der Waals surface area (Å²) < 4.78 is 5.47. The molecule has 1 fully saturated rings. The quantitative estimate of drug-likeness (QED) is 0.845. The monoisotopic (exact) mass is 235 g/mol. The predicted molar refractivity (Wildman–Crippen MR) is 69.3 cm³/mol. The van der Waals surface area contributed by atoms with Gasteiger partial charge in [-0.2, -0.15) is 0 Å². The number of nitrogens with one attached hydrogen (secondary N) is 1. The van der Waals surface area contributed by atoms with E-state index in [1.807, 2.05) is 12.1 Å². The third kappa shape index (κ3) is 2.99. The smallest absolute Gasteiger partial charge is 0.0662 e. The van der Waals surface area contributed by atoms with Crippen molar-refractivity contribution in [3.8, 4) is 0 Å². The van der Waals surface area contributed by atoms with Crippen molar-refractivity contribution in [2.45, 2.75) is 31.7 Å². The van der Waals surface area contributed by atoms with Crippen LogP contribution in [0.25, 0.3) is 0 Å². The zero-order valence-electron chi connectivity index (χ0n) is 10.4. The molecule has 0 aromatic heterocycles. The van der Waals surface area contributed by atoms with Crippen LogP contribution >= 0.6 is 0 Å². The molecular weight excluding hydrogens is 214 g/mol. The minimum atomic E-state index is -0.220. The molecule has 0 aliphatic carbocycles. The van der Waals surface area contributed by atoms with Gasteiger partial charge in [0.05, 0.1) is 12.1 Å². The van der Waals surface area contributed by atoms with E-state index in [1.165, 1.54) is 5.56 Å². The van der Waals surface area contributed by atoms with Crippen molar-refractivity contribution in [1.82, 2.24) is 0 Å². The fraction of sp³-hybridized carbons (Fsp3) is 0.571. The Hall–Kier alpha value is -1.06. The lowest BCUT2D eigenvalue weighted by Crippen LogP contribution is -2.42. The van der Waals surface area contributed by atoms with Crippen LogP contribution in [0.3, 0.4) is 0 Å². The highest BCUT2D eigenvalue weighted by molar-refractivity contribution is 5.52. The summed E-state index contributed by atoms with van der Waals surface area (Å²) in [6.45, 7) is 3.77. The van der Waals surface area contributed by atoms with Gasteiger partial charge >= 0.3 is 0 Å². The number of ether oxygens (including phenoxy) is 1. The molecule has 2 rings (SSSR count). The van der Waals surface area contributed by atoms with E-state index in [-0.39, 0.29) is 12.1 Å². The molecule has 1 aromatic carbocycles. The maximum absolute atomic E-state index is 9.70. The molecule has 0 amide bonds. The average molecular weight is 235 g/mol. The second-order valence-corrected chi connectivity index (χ2v) is 4.84. The number of aryl methyl sites for hydroxylation is 1. The van der Waals surface area contributed by atoms with E-state index in [2.05, 4.69) is 24.4 Å². The third-order valence-corrected chi connectivity index (χ3v) is 3.52. The van der Waals surface area contributed by atoms with Gasteiger partial charge in [-0.25, -0.2) is 0 Å². The van der Waals surface area contributed by atoms with Crippen LogP contribution in [0.4, 0.5) is 5.69 Å². The Morgan fingerprint density at radius 1 is 1.29 bits per heavy atom. The Morgan fingerprint density at radius 2 is 2.12 bits per heavy atom. The molecule has 1 saturated heterocycles. The Morgan fingerprint density at radius 3 is 2.88 bits per heavy atom. The zero-order valence-corrected chi connectivity index (χ0v) is 10.4. The van der Waals surface area contributed by atoms with Gasteiger partial charge in [0, 0.05) is 18.9 Å². The Kier molecular flexibility index (Phi) is 4.02. The number of para-hydroxylation sites is 1. The number of hydrogen-bond donors (Lipinski definition) is 2. The second kappa shape index (κ2) is 5.52. The van der Waals surface area contributed by atoms with Crippen molar-refractivity contribution in [1.29, 1.82) is 0 Å². The summed E-state index contributed by atoms with van der Waals surface area (Å²) in [6.07, 6.45) is 2.81. The number of anilines is 1. The molecule has 0 radical (unpaired) electrons. The maximum Gasteiger partial charge on any atom is 0.0662 e. The minimum absolute atomic E-state index is 0.157. The third-order valence-electron chi connectivity index (χ3n) is 3.52. The Labute approximate surface area is 103 Å². The molecule has 94 valence electrons. The summed E-state index contributed by atoms with van der Waals surface area (Å²) in [5.74, 6) is 0. The molecule has 0 spiro atoms. The van der Waals surface area contributed by atoms with Gasteiger partial charge in [-0.15, -0.1) is 0 Å². The molecule has 0 bridgehead atoms. The first-order valence-corrected chi connectivity index (χ1v) is 6.28. The summed E-state index contributed by atoms with van der Waals surface area (Å²) in [4.78, 5) is 0. The van der Waals surface area contributed by atoms with Crippen LogP contribution in [0, 0.1) is 6.92 Å². The fourth-order valence-corrected chi connectivity index (χ4v) is 2.33. The van der Waals surface area contributed by atoms with Gasteiger partial charge in [-0.05, 0) is 37.8 Å².